The van der Waals surface area contributed by atoms with Crippen molar-refractivity contribution in [3.63, 3.8) is 0 Å². The smallest absolute Gasteiger partial charge is 0.339 e. The van der Waals surface area contributed by atoms with E-state index in [0.717, 1.165) is 12.8 Å². The Labute approximate surface area is 80.1 Å². The Morgan fingerprint density at radius 3 is 2.64 bits per heavy atom. The number of carbonyl (C=O) groups excluding carboxylic acids is 1. The van der Waals surface area contributed by atoms with Gasteiger partial charge in [0.05, 0.1) is 5.92 Å². The third-order valence-electron chi connectivity index (χ3n) is 3.15. The number of hydrogen-bond donors (Lipinski definition) is 0. The Balaban J connectivity index is 2.18. The fraction of sp³-hybridized carbons (Fsp3) is 0.889. The molecule has 0 aromatic carbocycles. The SMILES string of the molecule is O=C1CC(C(F)(F)F)C2CCCCN12. The molecule has 0 aromatic heterocycles. The molecule has 2 aliphatic heterocycles. The van der Waals surface area contributed by atoms with Gasteiger partial charge in [0.1, 0.15) is 0 Å². The van der Waals surface area contributed by atoms with Crippen molar-refractivity contribution in [3.05, 3.63) is 0 Å². The summed E-state index contributed by atoms with van der Waals surface area (Å²) in [7, 11) is 0. The number of amides is 1. The van der Waals surface area contributed by atoms with E-state index in [1.165, 1.54) is 4.90 Å². The summed E-state index contributed by atoms with van der Waals surface area (Å²) in [4.78, 5) is 12.7. The fourth-order valence-corrected chi connectivity index (χ4v) is 2.46. The van der Waals surface area contributed by atoms with E-state index in [9.17, 15) is 18.0 Å². The Kier molecular flexibility index (Phi) is 2.20. The van der Waals surface area contributed by atoms with Crippen LogP contribution in [0.15, 0.2) is 0 Å². The molecule has 0 aromatic rings. The molecule has 2 fully saturated rings. The molecule has 0 saturated carbocycles. The highest BCUT2D eigenvalue weighted by Crippen LogP contribution is 2.42. The van der Waals surface area contributed by atoms with Crippen LogP contribution in [0.3, 0.4) is 0 Å². The second kappa shape index (κ2) is 3.14. The predicted molar refractivity (Wildman–Crippen MR) is 43.5 cm³/mol. The van der Waals surface area contributed by atoms with Crippen molar-refractivity contribution in [2.24, 2.45) is 5.92 Å². The van der Waals surface area contributed by atoms with E-state index in [4.69, 9.17) is 0 Å². The van der Waals surface area contributed by atoms with Gasteiger partial charge in [0, 0.05) is 19.0 Å². The quantitative estimate of drug-likeness (QED) is 0.594. The molecule has 5 heteroatoms. The van der Waals surface area contributed by atoms with Gasteiger partial charge in [-0.25, -0.2) is 0 Å². The summed E-state index contributed by atoms with van der Waals surface area (Å²) in [5.74, 6) is -1.74. The number of carbonyl (C=O) groups is 1. The number of nitrogens with zero attached hydrogens (tertiary/aromatic N) is 1. The van der Waals surface area contributed by atoms with Crippen LogP contribution in [0, 0.1) is 5.92 Å². The van der Waals surface area contributed by atoms with Gasteiger partial charge < -0.3 is 4.90 Å². The van der Waals surface area contributed by atoms with Crippen LogP contribution in [-0.2, 0) is 4.79 Å². The first-order valence-corrected chi connectivity index (χ1v) is 4.86. The number of alkyl halides is 3. The van der Waals surface area contributed by atoms with E-state index >= 15 is 0 Å². The molecule has 2 atom stereocenters. The first-order chi connectivity index (χ1) is 6.50. The highest BCUT2D eigenvalue weighted by molar-refractivity contribution is 5.79. The summed E-state index contributed by atoms with van der Waals surface area (Å²) in [6, 6.07) is -0.573. The van der Waals surface area contributed by atoms with Gasteiger partial charge in [-0.2, -0.15) is 13.2 Å². The molecule has 0 bridgehead atoms. The maximum absolute atomic E-state index is 12.5. The summed E-state index contributed by atoms with van der Waals surface area (Å²) >= 11 is 0. The minimum absolute atomic E-state index is 0.322. The predicted octanol–water partition coefficient (Wildman–Crippen LogP) is 1.95. The lowest BCUT2D eigenvalue weighted by Crippen LogP contribution is -2.42. The normalized spacial score (nSPS) is 33.4. The van der Waals surface area contributed by atoms with Crippen LogP contribution < -0.4 is 0 Å². The first-order valence-electron chi connectivity index (χ1n) is 4.86. The van der Waals surface area contributed by atoms with Gasteiger partial charge >= 0.3 is 6.18 Å². The second-order valence-electron chi connectivity index (χ2n) is 4.00. The molecule has 0 spiro atoms. The molecule has 2 saturated heterocycles. The monoisotopic (exact) mass is 207 g/mol. The van der Waals surface area contributed by atoms with Crippen molar-refractivity contribution in [3.8, 4) is 0 Å². The van der Waals surface area contributed by atoms with E-state index in [-0.39, 0.29) is 12.3 Å². The third kappa shape index (κ3) is 1.48. The van der Waals surface area contributed by atoms with Crippen molar-refractivity contribution in [2.75, 3.05) is 6.54 Å². The zero-order valence-corrected chi connectivity index (χ0v) is 7.68. The Morgan fingerprint density at radius 1 is 1.29 bits per heavy atom. The van der Waals surface area contributed by atoms with Gasteiger partial charge in [-0.05, 0) is 19.3 Å². The lowest BCUT2D eigenvalue weighted by Gasteiger charge is -2.32. The molecular weight excluding hydrogens is 195 g/mol. The average Bonchev–Trinajstić information content (AvgIpc) is 2.44. The number of hydrogen-bond acceptors (Lipinski definition) is 1. The molecule has 80 valence electrons. The van der Waals surface area contributed by atoms with Crippen LogP contribution in [0.4, 0.5) is 13.2 Å². The van der Waals surface area contributed by atoms with Crippen molar-refractivity contribution < 1.29 is 18.0 Å². The van der Waals surface area contributed by atoms with Gasteiger partial charge in [-0.15, -0.1) is 0 Å². The lowest BCUT2D eigenvalue weighted by atomic mass is 9.93. The standard InChI is InChI=1S/C9H12F3NO/c10-9(11,12)6-5-8(14)13-4-2-1-3-7(6)13/h6-7H,1-5H2. The maximum atomic E-state index is 12.5. The number of halogens is 3. The maximum Gasteiger partial charge on any atom is 0.394 e. The van der Waals surface area contributed by atoms with Crippen molar-refractivity contribution in [1.29, 1.82) is 0 Å². The topological polar surface area (TPSA) is 20.3 Å². The van der Waals surface area contributed by atoms with E-state index in [1.807, 2.05) is 0 Å². The van der Waals surface area contributed by atoms with E-state index in [2.05, 4.69) is 0 Å². The summed E-state index contributed by atoms with van der Waals surface area (Å²) in [6.45, 7) is 0.510. The lowest BCUT2D eigenvalue weighted by molar-refractivity contribution is -0.181. The molecule has 14 heavy (non-hydrogen) atoms. The first kappa shape index (κ1) is 9.80. The molecular formula is C9H12F3NO. The molecule has 2 heterocycles. The van der Waals surface area contributed by atoms with Gasteiger partial charge in [-0.1, -0.05) is 0 Å². The molecule has 2 aliphatic rings. The fourth-order valence-electron chi connectivity index (χ4n) is 2.46. The summed E-state index contributed by atoms with van der Waals surface area (Å²) in [5, 5.41) is 0. The molecule has 1 amide bonds. The zero-order valence-electron chi connectivity index (χ0n) is 7.68. The Bertz CT molecular complexity index is 251. The van der Waals surface area contributed by atoms with Crippen LogP contribution in [0.5, 0.6) is 0 Å². The Hall–Kier alpha value is -0.740. The molecule has 0 N–H and O–H groups in total. The summed E-state index contributed by atoms with van der Waals surface area (Å²) in [6.07, 6.45) is -2.40. The Morgan fingerprint density at radius 2 is 2.00 bits per heavy atom. The number of fused-ring (bicyclic) bond motifs is 1. The van der Waals surface area contributed by atoms with E-state index in [0.29, 0.717) is 13.0 Å². The van der Waals surface area contributed by atoms with Crippen molar-refractivity contribution >= 4 is 5.91 Å². The zero-order chi connectivity index (χ0) is 10.3. The molecule has 2 rings (SSSR count). The van der Waals surface area contributed by atoms with Gasteiger partial charge in [0.25, 0.3) is 0 Å². The average molecular weight is 207 g/mol. The van der Waals surface area contributed by atoms with Gasteiger partial charge in [-0.3, -0.25) is 4.79 Å². The number of rotatable bonds is 0. The van der Waals surface area contributed by atoms with Crippen molar-refractivity contribution in [2.45, 2.75) is 37.9 Å². The largest absolute Gasteiger partial charge is 0.394 e. The van der Waals surface area contributed by atoms with E-state index in [1.54, 1.807) is 0 Å². The van der Waals surface area contributed by atoms with Crippen molar-refractivity contribution in [1.82, 2.24) is 4.90 Å². The van der Waals surface area contributed by atoms with E-state index < -0.39 is 18.1 Å². The molecule has 0 aliphatic carbocycles. The second-order valence-corrected chi connectivity index (χ2v) is 4.00. The molecule has 2 nitrogen and oxygen atoms in total. The van der Waals surface area contributed by atoms with Gasteiger partial charge in [0.2, 0.25) is 5.91 Å². The third-order valence-corrected chi connectivity index (χ3v) is 3.15. The molecule has 0 radical (unpaired) electrons. The van der Waals surface area contributed by atoms with Crippen LogP contribution in [0.1, 0.15) is 25.7 Å². The molecule has 2 unspecified atom stereocenters. The minimum Gasteiger partial charge on any atom is -0.339 e. The highest BCUT2D eigenvalue weighted by Gasteiger charge is 2.53. The summed E-state index contributed by atoms with van der Waals surface area (Å²) < 4.78 is 37.6. The number of piperidine rings is 1. The highest BCUT2D eigenvalue weighted by atomic mass is 19.4. The van der Waals surface area contributed by atoms with Crippen LogP contribution in [-0.4, -0.2) is 29.6 Å². The van der Waals surface area contributed by atoms with Crippen LogP contribution in [0.25, 0.3) is 0 Å². The van der Waals surface area contributed by atoms with Crippen LogP contribution >= 0.6 is 0 Å². The van der Waals surface area contributed by atoms with Gasteiger partial charge in [0.15, 0.2) is 0 Å². The minimum atomic E-state index is -4.22. The van der Waals surface area contributed by atoms with Crippen LogP contribution in [0.2, 0.25) is 0 Å². The summed E-state index contributed by atoms with van der Waals surface area (Å²) in [5.41, 5.74) is 0.